The summed E-state index contributed by atoms with van der Waals surface area (Å²) in [6.45, 7) is 11.6. The zero-order chi connectivity index (χ0) is 20.2. The van der Waals surface area contributed by atoms with Gasteiger partial charge in [-0.3, -0.25) is 4.79 Å². The van der Waals surface area contributed by atoms with E-state index < -0.39 is 5.60 Å². The van der Waals surface area contributed by atoms with Crippen molar-refractivity contribution in [3.05, 3.63) is 35.4 Å². The van der Waals surface area contributed by atoms with Gasteiger partial charge >= 0.3 is 6.09 Å². The number of hydrogen-bond acceptors (Lipinski definition) is 3. The van der Waals surface area contributed by atoms with Gasteiger partial charge in [0.15, 0.2) is 0 Å². The van der Waals surface area contributed by atoms with E-state index in [0.29, 0.717) is 25.6 Å². The summed E-state index contributed by atoms with van der Waals surface area (Å²) >= 11 is 0. The molecule has 0 aromatic heterocycles. The number of hydrogen-bond donors (Lipinski definition) is 0. The molecule has 2 rings (SSSR count). The standard InChI is InChI=1S/C22H34N2O3/c1-16(2)18-11-9-17(10-12-18)14-23(6)20(25)19-8-7-13-24(15-19)21(26)27-22(3,4)5/h9-12,16,19H,7-8,13-15H2,1-6H3/t19-/m0/s1. The largest absolute Gasteiger partial charge is 0.444 e. The topological polar surface area (TPSA) is 49.9 Å². The number of carbonyl (C=O) groups is 2. The van der Waals surface area contributed by atoms with Gasteiger partial charge in [-0.1, -0.05) is 38.1 Å². The van der Waals surface area contributed by atoms with E-state index >= 15 is 0 Å². The van der Waals surface area contributed by atoms with E-state index in [9.17, 15) is 9.59 Å². The van der Waals surface area contributed by atoms with Gasteiger partial charge in [-0.2, -0.15) is 0 Å². The van der Waals surface area contributed by atoms with Crippen LogP contribution in [0.4, 0.5) is 4.79 Å². The molecule has 0 aliphatic carbocycles. The van der Waals surface area contributed by atoms with Crippen molar-refractivity contribution in [1.82, 2.24) is 9.80 Å². The molecule has 2 amide bonds. The summed E-state index contributed by atoms with van der Waals surface area (Å²) in [6, 6.07) is 8.44. The van der Waals surface area contributed by atoms with E-state index in [1.54, 1.807) is 9.80 Å². The van der Waals surface area contributed by atoms with E-state index in [2.05, 4.69) is 38.1 Å². The molecule has 1 atom stereocenters. The average Bonchev–Trinajstić information content (AvgIpc) is 2.60. The number of amides is 2. The molecule has 0 saturated carbocycles. The molecule has 1 aromatic carbocycles. The average molecular weight is 375 g/mol. The lowest BCUT2D eigenvalue weighted by molar-refractivity contribution is -0.136. The van der Waals surface area contributed by atoms with Crippen LogP contribution in [0, 0.1) is 5.92 Å². The summed E-state index contributed by atoms with van der Waals surface area (Å²) in [6.07, 6.45) is 1.31. The van der Waals surface area contributed by atoms with Crippen molar-refractivity contribution in [1.29, 1.82) is 0 Å². The van der Waals surface area contributed by atoms with Crippen LogP contribution in [0.3, 0.4) is 0 Å². The molecule has 5 heteroatoms. The molecule has 1 heterocycles. The third-order valence-corrected chi connectivity index (χ3v) is 4.86. The Balaban J connectivity index is 1.94. The highest BCUT2D eigenvalue weighted by atomic mass is 16.6. The van der Waals surface area contributed by atoms with Crippen LogP contribution in [0.2, 0.25) is 0 Å². The predicted octanol–water partition coefficient (Wildman–Crippen LogP) is 4.42. The Labute approximate surface area is 163 Å². The van der Waals surface area contributed by atoms with Crippen LogP contribution < -0.4 is 0 Å². The van der Waals surface area contributed by atoms with Crippen molar-refractivity contribution in [2.45, 2.75) is 65.5 Å². The van der Waals surface area contributed by atoms with E-state index in [-0.39, 0.29) is 17.9 Å². The molecule has 27 heavy (non-hydrogen) atoms. The highest BCUT2D eigenvalue weighted by Gasteiger charge is 2.32. The van der Waals surface area contributed by atoms with Gasteiger partial charge in [0, 0.05) is 26.7 Å². The minimum atomic E-state index is -0.521. The molecule has 0 unspecified atom stereocenters. The lowest BCUT2D eigenvalue weighted by Gasteiger charge is -2.35. The molecule has 0 spiro atoms. The molecule has 0 radical (unpaired) electrons. The van der Waals surface area contributed by atoms with Gasteiger partial charge in [-0.15, -0.1) is 0 Å². The molecule has 0 bridgehead atoms. The third-order valence-electron chi connectivity index (χ3n) is 4.86. The Hall–Kier alpha value is -2.04. The Bertz CT molecular complexity index is 647. The van der Waals surface area contributed by atoms with Gasteiger partial charge in [0.1, 0.15) is 5.60 Å². The third kappa shape index (κ3) is 6.26. The fourth-order valence-electron chi connectivity index (χ4n) is 3.34. The van der Waals surface area contributed by atoms with Crippen molar-refractivity contribution in [3.63, 3.8) is 0 Å². The maximum atomic E-state index is 12.9. The Kier molecular flexibility index (Phi) is 6.90. The number of likely N-dealkylation sites (tertiary alicyclic amines) is 1. The number of benzene rings is 1. The quantitative estimate of drug-likeness (QED) is 0.784. The maximum absolute atomic E-state index is 12.9. The second-order valence-electron chi connectivity index (χ2n) is 8.86. The number of piperidine rings is 1. The summed E-state index contributed by atoms with van der Waals surface area (Å²) in [5, 5.41) is 0. The summed E-state index contributed by atoms with van der Waals surface area (Å²) in [4.78, 5) is 28.6. The number of ether oxygens (including phenoxy) is 1. The van der Waals surface area contributed by atoms with E-state index in [1.807, 2.05) is 27.8 Å². The van der Waals surface area contributed by atoms with Crippen molar-refractivity contribution in [2.24, 2.45) is 5.92 Å². The second-order valence-corrected chi connectivity index (χ2v) is 8.86. The highest BCUT2D eigenvalue weighted by Crippen LogP contribution is 2.22. The minimum Gasteiger partial charge on any atom is -0.444 e. The van der Waals surface area contributed by atoms with Crippen molar-refractivity contribution in [3.8, 4) is 0 Å². The Morgan fingerprint density at radius 3 is 2.41 bits per heavy atom. The molecular formula is C22H34N2O3. The normalized spacial score (nSPS) is 17.7. The van der Waals surface area contributed by atoms with Crippen molar-refractivity contribution in [2.75, 3.05) is 20.1 Å². The smallest absolute Gasteiger partial charge is 0.410 e. The van der Waals surface area contributed by atoms with Gasteiger partial charge in [-0.05, 0) is 50.7 Å². The van der Waals surface area contributed by atoms with Gasteiger partial charge in [-0.25, -0.2) is 4.79 Å². The summed E-state index contributed by atoms with van der Waals surface area (Å²) in [5.74, 6) is 0.432. The molecule has 5 nitrogen and oxygen atoms in total. The van der Waals surface area contributed by atoms with Gasteiger partial charge in [0.05, 0.1) is 5.92 Å². The first kappa shape index (κ1) is 21.3. The van der Waals surface area contributed by atoms with Crippen LogP contribution in [0.1, 0.15) is 64.5 Å². The second kappa shape index (κ2) is 8.77. The van der Waals surface area contributed by atoms with Gasteiger partial charge in [0.25, 0.3) is 0 Å². The zero-order valence-electron chi connectivity index (χ0n) is 17.6. The minimum absolute atomic E-state index is 0.0937. The lowest BCUT2D eigenvalue weighted by Crippen LogP contribution is -2.47. The van der Waals surface area contributed by atoms with Crippen LogP contribution in [0.5, 0.6) is 0 Å². The highest BCUT2D eigenvalue weighted by molar-refractivity contribution is 5.80. The van der Waals surface area contributed by atoms with Crippen LogP contribution >= 0.6 is 0 Å². The zero-order valence-corrected chi connectivity index (χ0v) is 17.6. The SMILES string of the molecule is CC(C)c1ccc(CN(C)C(=O)[C@H]2CCCN(C(=O)OC(C)(C)C)C2)cc1. The van der Waals surface area contributed by atoms with Crippen LogP contribution in [-0.4, -0.2) is 47.5 Å². The lowest BCUT2D eigenvalue weighted by atomic mass is 9.96. The molecule has 1 aromatic rings. The monoisotopic (exact) mass is 374 g/mol. The Morgan fingerprint density at radius 1 is 1.22 bits per heavy atom. The molecule has 1 aliphatic heterocycles. The first-order valence-corrected chi connectivity index (χ1v) is 9.88. The number of nitrogens with zero attached hydrogens (tertiary/aromatic N) is 2. The van der Waals surface area contributed by atoms with Crippen LogP contribution in [0.15, 0.2) is 24.3 Å². The maximum Gasteiger partial charge on any atom is 0.410 e. The molecule has 1 aliphatic rings. The summed E-state index contributed by atoms with van der Waals surface area (Å²) in [5.41, 5.74) is 1.90. The molecule has 1 saturated heterocycles. The van der Waals surface area contributed by atoms with E-state index in [1.165, 1.54) is 5.56 Å². The van der Waals surface area contributed by atoms with E-state index in [4.69, 9.17) is 4.74 Å². The molecule has 1 fully saturated rings. The summed E-state index contributed by atoms with van der Waals surface area (Å²) < 4.78 is 5.45. The molecular weight excluding hydrogens is 340 g/mol. The number of carbonyl (C=O) groups excluding carboxylic acids is 2. The first-order valence-electron chi connectivity index (χ1n) is 9.88. The van der Waals surface area contributed by atoms with Crippen molar-refractivity contribution >= 4 is 12.0 Å². The van der Waals surface area contributed by atoms with Gasteiger partial charge < -0.3 is 14.5 Å². The van der Waals surface area contributed by atoms with Crippen LogP contribution in [-0.2, 0) is 16.1 Å². The fourth-order valence-corrected chi connectivity index (χ4v) is 3.34. The molecule has 150 valence electrons. The Morgan fingerprint density at radius 2 is 1.85 bits per heavy atom. The van der Waals surface area contributed by atoms with Gasteiger partial charge in [0.2, 0.25) is 5.91 Å². The number of rotatable bonds is 4. The molecule has 0 N–H and O–H groups in total. The summed E-state index contributed by atoms with van der Waals surface area (Å²) in [7, 11) is 1.84. The predicted molar refractivity (Wildman–Crippen MR) is 108 cm³/mol. The fraction of sp³-hybridized carbons (Fsp3) is 0.636. The first-order chi connectivity index (χ1) is 12.6. The van der Waals surface area contributed by atoms with E-state index in [0.717, 1.165) is 18.4 Å². The van der Waals surface area contributed by atoms with Crippen LogP contribution in [0.25, 0.3) is 0 Å². The van der Waals surface area contributed by atoms with Crippen molar-refractivity contribution < 1.29 is 14.3 Å².